The van der Waals surface area contributed by atoms with Crippen LogP contribution in [0.25, 0.3) is 10.1 Å². The van der Waals surface area contributed by atoms with Crippen LogP contribution in [-0.2, 0) is 0 Å². The molecule has 1 nitrogen and oxygen atoms in total. The van der Waals surface area contributed by atoms with E-state index in [0.717, 1.165) is 12.2 Å². The molecule has 0 radical (unpaired) electrons. The lowest BCUT2D eigenvalue weighted by molar-refractivity contribution is 0.296. The number of hydrogen-bond donors (Lipinski definition) is 1. The molecule has 74 valence electrons. The molecule has 1 aromatic carbocycles. The van der Waals surface area contributed by atoms with Crippen LogP contribution in [0.1, 0.15) is 6.42 Å². The number of thioether (sulfide) groups is 1. The molecule has 0 spiro atoms. The van der Waals surface area contributed by atoms with Crippen LogP contribution in [-0.4, -0.2) is 17.5 Å². The van der Waals surface area contributed by atoms with Crippen molar-refractivity contribution in [3.8, 4) is 0 Å². The Kier molecular flexibility index (Phi) is 3.45. The van der Waals surface area contributed by atoms with Crippen LogP contribution >= 0.6 is 23.1 Å². The molecule has 0 unspecified atom stereocenters. The van der Waals surface area contributed by atoms with Gasteiger partial charge >= 0.3 is 0 Å². The second kappa shape index (κ2) is 4.82. The number of rotatable bonds is 4. The molecule has 0 aliphatic rings. The highest BCUT2D eigenvalue weighted by molar-refractivity contribution is 8.01. The predicted octanol–water partition coefficient (Wildman–Crippen LogP) is 3.38. The average Bonchev–Trinajstić information content (AvgIpc) is 2.60. The Hall–Kier alpha value is -0.510. The van der Waals surface area contributed by atoms with E-state index in [1.165, 1.54) is 14.3 Å². The largest absolute Gasteiger partial charge is 0.396 e. The number of aliphatic hydroxyl groups excluding tert-OH is 1. The normalized spacial score (nSPS) is 10.9. The molecule has 0 saturated heterocycles. The molecule has 0 bridgehead atoms. The summed E-state index contributed by atoms with van der Waals surface area (Å²) in [4.78, 5) is 0. The van der Waals surface area contributed by atoms with E-state index in [2.05, 4.69) is 30.3 Å². The molecule has 2 rings (SSSR count). The van der Waals surface area contributed by atoms with Crippen molar-refractivity contribution in [3.63, 3.8) is 0 Å². The maximum atomic E-state index is 8.67. The van der Waals surface area contributed by atoms with Gasteiger partial charge in [-0.05, 0) is 23.9 Å². The molecule has 14 heavy (non-hydrogen) atoms. The van der Waals surface area contributed by atoms with Gasteiger partial charge in [-0.2, -0.15) is 0 Å². The molecule has 0 aliphatic heterocycles. The second-order valence-electron chi connectivity index (χ2n) is 3.03. The van der Waals surface area contributed by atoms with E-state index >= 15 is 0 Å². The van der Waals surface area contributed by atoms with Gasteiger partial charge in [0.05, 0.1) is 4.21 Å². The lowest BCUT2D eigenvalue weighted by Gasteiger charge is -1.93. The van der Waals surface area contributed by atoms with Crippen LogP contribution in [0.3, 0.4) is 0 Å². The second-order valence-corrected chi connectivity index (χ2v) is 5.51. The minimum atomic E-state index is 0.290. The molecule has 0 aliphatic carbocycles. The Labute approximate surface area is 91.8 Å². The summed E-state index contributed by atoms with van der Waals surface area (Å²) in [6.45, 7) is 0.290. The first-order valence-electron chi connectivity index (χ1n) is 4.62. The lowest BCUT2D eigenvalue weighted by Crippen LogP contribution is -1.83. The van der Waals surface area contributed by atoms with Gasteiger partial charge < -0.3 is 5.11 Å². The van der Waals surface area contributed by atoms with E-state index in [1.54, 1.807) is 0 Å². The summed E-state index contributed by atoms with van der Waals surface area (Å²) in [5, 5.41) is 10.00. The molecule has 0 fully saturated rings. The monoisotopic (exact) mass is 224 g/mol. The SMILES string of the molecule is OCCCSc1cc2ccccc2s1. The van der Waals surface area contributed by atoms with Crippen molar-refractivity contribution >= 4 is 33.2 Å². The number of benzene rings is 1. The van der Waals surface area contributed by atoms with Crippen LogP contribution in [0, 0.1) is 0 Å². The maximum Gasteiger partial charge on any atom is 0.0611 e. The molecular weight excluding hydrogens is 212 g/mol. The molecule has 0 amide bonds. The van der Waals surface area contributed by atoms with Gasteiger partial charge in [0, 0.05) is 17.1 Å². The Morgan fingerprint density at radius 1 is 1.29 bits per heavy atom. The molecule has 1 aromatic heterocycles. The van der Waals surface area contributed by atoms with Crippen LogP contribution in [0.4, 0.5) is 0 Å². The third kappa shape index (κ3) is 2.29. The van der Waals surface area contributed by atoms with Crippen molar-refractivity contribution in [3.05, 3.63) is 30.3 Å². The van der Waals surface area contributed by atoms with Crippen molar-refractivity contribution in [2.75, 3.05) is 12.4 Å². The van der Waals surface area contributed by atoms with E-state index in [1.807, 2.05) is 23.1 Å². The Bertz CT molecular complexity index is 375. The van der Waals surface area contributed by atoms with Gasteiger partial charge in [-0.1, -0.05) is 18.2 Å². The highest BCUT2D eigenvalue weighted by Crippen LogP contribution is 2.32. The van der Waals surface area contributed by atoms with E-state index in [0.29, 0.717) is 0 Å². The number of fused-ring (bicyclic) bond motifs is 1. The molecule has 2 aromatic rings. The summed E-state index contributed by atoms with van der Waals surface area (Å²) in [7, 11) is 0. The van der Waals surface area contributed by atoms with Crippen molar-refractivity contribution in [1.82, 2.24) is 0 Å². The van der Waals surface area contributed by atoms with Gasteiger partial charge in [-0.25, -0.2) is 0 Å². The number of thiophene rings is 1. The van der Waals surface area contributed by atoms with Gasteiger partial charge in [-0.15, -0.1) is 23.1 Å². The summed E-state index contributed by atoms with van der Waals surface area (Å²) in [5.74, 6) is 1.00. The quantitative estimate of drug-likeness (QED) is 0.634. The Morgan fingerprint density at radius 3 is 2.93 bits per heavy atom. The lowest BCUT2D eigenvalue weighted by atomic mass is 10.3. The molecule has 0 atom stereocenters. The average molecular weight is 224 g/mol. The van der Waals surface area contributed by atoms with Gasteiger partial charge in [0.2, 0.25) is 0 Å². The standard InChI is InChI=1S/C11H12OS2/c12-6-3-7-13-11-8-9-4-1-2-5-10(9)14-11/h1-2,4-5,8,12H,3,6-7H2. The van der Waals surface area contributed by atoms with E-state index in [4.69, 9.17) is 5.11 Å². The van der Waals surface area contributed by atoms with Crippen LogP contribution < -0.4 is 0 Å². The van der Waals surface area contributed by atoms with Crippen molar-refractivity contribution in [2.24, 2.45) is 0 Å². The number of aliphatic hydroxyl groups is 1. The summed E-state index contributed by atoms with van der Waals surface area (Å²) >= 11 is 3.66. The highest BCUT2D eigenvalue weighted by atomic mass is 32.2. The van der Waals surface area contributed by atoms with Crippen LogP contribution in [0.15, 0.2) is 34.5 Å². The van der Waals surface area contributed by atoms with E-state index in [9.17, 15) is 0 Å². The Morgan fingerprint density at radius 2 is 2.14 bits per heavy atom. The van der Waals surface area contributed by atoms with Crippen molar-refractivity contribution < 1.29 is 5.11 Å². The summed E-state index contributed by atoms with van der Waals surface area (Å²) in [6.07, 6.45) is 0.874. The maximum absolute atomic E-state index is 8.67. The number of hydrogen-bond acceptors (Lipinski definition) is 3. The summed E-state index contributed by atoms with van der Waals surface area (Å²) in [5.41, 5.74) is 0. The zero-order valence-corrected chi connectivity index (χ0v) is 9.40. The zero-order valence-electron chi connectivity index (χ0n) is 7.77. The third-order valence-corrected chi connectivity index (χ3v) is 4.36. The van der Waals surface area contributed by atoms with E-state index < -0.39 is 0 Å². The molecule has 0 saturated carbocycles. The first-order valence-corrected chi connectivity index (χ1v) is 6.42. The van der Waals surface area contributed by atoms with E-state index in [-0.39, 0.29) is 6.61 Å². The van der Waals surface area contributed by atoms with Crippen molar-refractivity contribution in [1.29, 1.82) is 0 Å². The smallest absolute Gasteiger partial charge is 0.0611 e. The minimum Gasteiger partial charge on any atom is -0.396 e. The van der Waals surface area contributed by atoms with Gasteiger partial charge in [-0.3, -0.25) is 0 Å². The first-order chi connectivity index (χ1) is 6.90. The van der Waals surface area contributed by atoms with Crippen LogP contribution in [0.5, 0.6) is 0 Å². The van der Waals surface area contributed by atoms with Gasteiger partial charge in [0.15, 0.2) is 0 Å². The molecule has 3 heteroatoms. The summed E-state index contributed by atoms with van der Waals surface area (Å²) < 4.78 is 2.69. The first kappa shape index (κ1) is 10.0. The fourth-order valence-electron chi connectivity index (χ4n) is 1.27. The van der Waals surface area contributed by atoms with Crippen LogP contribution in [0.2, 0.25) is 0 Å². The molecule has 1 heterocycles. The zero-order chi connectivity index (χ0) is 9.80. The fourth-order valence-corrected chi connectivity index (χ4v) is 3.50. The predicted molar refractivity (Wildman–Crippen MR) is 64.3 cm³/mol. The molecular formula is C11H12OS2. The minimum absolute atomic E-state index is 0.290. The third-order valence-electron chi connectivity index (χ3n) is 1.95. The van der Waals surface area contributed by atoms with Crippen molar-refractivity contribution in [2.45, 2.75) is 10.6 Å². The fraction of sp³-hybridized carbons (Fsp3) is 0.273. The topological polar surface area (TPSA) is 20.2 Å². The molecule has 1 N–H and O–H groups in total. The Balaban J connectivity index is 2.11. The van der Waals surface area contributed by atoms with Gasteiger partial charge in [0.25, 0.3) is 0 Å². The summed E-state index contributed by atoms with van der Waals surface area (Å²) in [6, 6.07) is 10.7. The highest BCUT2D eigenvalue weighted by Gasteiger charge is 2.00. The van der Waals surface area contributed by atoms with Gasteiger partial charge in [0.1, 0.15) is 0 Å².